The van der Waals surface area contributed by atoms with Crippen LogP contribution in [0.1, 0.15) is 22.3 Å². The number of aromatic hydroxyl groups is 3. The summed E-state index contributed by atoms with van der Waals surface area (Å²) in [7, 11) is 3.97. The van der Waals surface area contributed by atoms with Gasteiger partial charge in [-0.15, -0.1) is 0 Å². The van der Waals surface area contributed by atoms with Crippen molar-refractivity contribution in [3.05, 3.63) is 53.6 Å². The average molecular weight is 357 g/mol. The van der Waals surface area contributed by atoms with E-state index in [9.17, 15) is 20.1 Å². The number of nitrogens with zero attached hydrogens (tertiary/aromatic N) is 1. The number of ketones is 1. The lowest BCUT2D eigenvalue weighted by atomic mass is 10.1. The second kappa shape index (κ2) is 8.92. The fourth-order valence-electron chi connectivity index (χ4n) is 2.29. The fourth-order valence-corrected chi connectivity index (χ4v) is 2.29. The Balaban J connectivity index is 2.00. The van der Waals surface area contributed by atoms with Crippen LogP contribution in [0.4, 0.5) is 0 Å². The number of allylic oxidation sites excluding steroid dienone is 1. The van der Waals surface area contributed by atoms with Crippen molar-refractivity contribution < 1.29 is 24.9 Å². The summed E-state index contributed by atoms with van der Waals surface area (Å²) in [6, 6.07) is 8.80. The second-order valence-electron chi connectivity index (χ2n) is 6.13. The predicted octanol–water partition coefficient (Wildman–Crippen LogP) is 3.03. The number of hydrogen-bond acceptors (Lipinski definition) is 6. The third-order valence-electron chi connectivity index (χ3n) is 3.68. The first-order chi connectivity index (χ1) is 12.4. The van der Waals surface area contributed by atoms with E-state index >= 15 is 0 Å². The summed E-state index contributed by atoms with van der Waals surface area (Å²) >= 11 is 0. The summed E-state index contributed by atoms with van der Waals surface area (Å²) in [6.07, 6.45) is 3.64. The van der Waals surface area contributed by atoms with Gasteiger partial charge in [0.05, 0.1) is 12.2 Å². The minimum atomic E-state index is -0.380. The molecule has 2 aromatic carbocycles. The average Bonchev–Trinajstić information content (AvgIpc) is 2.59. The molecule has 3 N–H and O–H groups in total. The lowest BCUT2D eigenvalue weighted by molar-refractivity contribution is 0.104. The maximum absolute atomic E-state index is 12.2. The molecule has 2 rings (SSSR count). The minimum absolute atomic E-state index is 0.154. The Hall–Kier alpha value is -2.99. The molecule has 0 aliphatic carbocycles. The SMILES string of the molecule is CN(C)CCCOc1ccc(C(=O)/C=C/c2ccc(O)c(O)c2)c(O)c1. The van der Waals surface area contributed by atoms with Gasteiger partial charge in [-0.3, -0.25) is 4.79 Å². The van der Waals surface area contributed by atoms with Crippen LogP contribution in [0.3, 0.4) is 0 Å². The summed E-state index contributed by atoms with van der Waals surface area (Å²) in [6.45, 7) is 1.43. The fraction of sp³-hybridized carbons (Fsp3) is 0.250. The topological polar surface area (TPSA) is 90.2 Å². The van der Waals surface area contributed by atoms with Crippen LogP contribution in [-0.4, -0.2) is 53.2 Å². The number of phenolic OH excluding ortho intramolecular Hbond substituents is 3. The molecule has 6 nitrogen and oxygen atoms in total. The van der Waals surface area contributed by atoms with Crippen molar-refractivity contribution in [2.45, 2.75) is 6.42 Å². The molecule has 2 aromatic rings. The first kappa shape index (κ1) is 19.3. The minimum Gasteiger partial charge on any atom is -0.507 e. The van der Waals surface area contributed by atoms with Crippen molar-refractivity contribution in [2.75, 3.05) is 27.2 Å². The van der Waals surface area contributed by atoms with Crippen LogP contribution in [0.2, 0.25) is 0 Å². The Morgan fingerprint density at radius 3 is 2.46 bits per heavy atom. The van der Waals surface area contributed by atoms with E-state index in [1.165, 1.54) is 36.4 Å². The lowest BCUT2D eigenvalue weighted by Gasteiger charge is -2.11. The lowest BCUT2D eigenvalue weighted by Crippen LogP contribution is -2.15. The highest BCUT2D eigenvalue weighted by molar-refractivity contribution is 6.08. The Morgan fingerprint density at radius 1 is 1.04 bits per heavy atom. The van der Waals surface area contributed by atoms with Crippen molar-refractivity contribution in [3.63, 3.8) is 0 Å². The molecule has 138 valence electrons. The van der Waals surface area contributed by atoms with E-state index in [4.69, 9.17) is 4.74 Å². The summed E-state index contributed by atoms with van der Waals surface area (Å²) < 4.78 is 5.56. The van der Waals surface area contributed by atoms with Crippen molar-refractivity contribution >= 4 is 11.9 Å². The molecule has 0 bridgehead atoms. The smallest absolute Gasteiger partial charge is 0.189 e. The number of benzene rings is 2. The van der Waals surface area contributed by atoms with Gasteiger partial charge in [0.15, 0.2) is 17.3 Å². The third kappa shape index (κ3) is 5.53. The van der Waals surface area contributed by atoms with Gasteiger partial charge in [-0.2, -0.15) is 0 Å². The summed E-state index contributed by atoms with van der Waals surface area (Å²) in [5.74, 6) is -0.525. The van der Waals surface area contributed by atoms with E-state index in [0.29, 0.717) is 17.9 Å². The van der Waals surface area contributed by atoms with Gasteiger partial charge in [-0.05, 0) is 56.4 Å². The van der Waals surface area contributed by atoms with E-state index in [1.54, 1.807) is 12.1 Å². The summed E-state index contributed by atoms with van der Waals surface area (Å²) in [4.78, 5) is 14.3. The van der Waals surface area contributed by atoms with E-state index in [2.05, 4.69) is 4.90 Å². The highest BCUT2D eigenvalue weighted by Gasteiger charge is 2.10. The van der Waals surface area contributed by atoms with Crippen LogP contribution in [0.25, 0.3) is 6.08 Å². The van der Waals surface area contributed by atoms with Crippen molar-refractivity contribution in [2.24, 2.45) is 0 Å². The molecular formula is C20H23NO5. The molecular weight excluding hydrogens is 334 g/mol. The van der Waals surface area contributed by atoms with Crippen molar-refractivity contribution in [1.82, 2.24) is 4.90 Å². The van der Waals surface area contributed by atoms with Gasteiger partial charge >= 0.3 is 0 Å². The monoisotopic (exact) mass is 357 g/mol. The van der Waals surface area contributed by atoms with Crippen molar-refractivity contribution in [1.29, 1.82) is 0 Å². The number of hydrogen-bond donors (Lipinski definition) is 3. The Labute approximate surface area is 152 Å². The molecule has 0 fully saturated rings. The zero-order chi connectivity index (χ0) is 19.1. The van der Waals surface area contributed by atoms with Crippen LogP contribution in [0, 0.1) is 0 Å². The van der Waals surface area contributed by atoms with Gasteiger partial charge in [0, 0.05) is 12.6 Å². The van der Waals surface area contributed by atoms with Crippen LogP contribution in [0.15, 0.2) is 42.5 Å². The highest BCUT2D eigenvalue weighted by atomic mass is 16.5. The van der Waals surface area contributed by atoms with Crippen LogP contribution in [-0.2, 0) is 0 Å². The van der Waals surface area contributed by atoms with Gasteiger partial charge in [0.1, 0.15) is 11.5 Å². The molecule has 0 atom stereocenters. The Morgan fingerprint density at radius 2 is 1.81 bits per heavy atom. The Bertz CT molecular complexity index is 799. The summed E-state index contributed by atoms with van der Waals surface area (Å²) in [5.41, 5.74) is 0.707. The van der Waals surface area contributed by atoms with Crippen LogP contribution < -0.4 is 4.74 Å². The van der Waals surface area contributed by atoms with Crippen LogP contribution >= 0.6 is 0 Å². The Kier molecular flexibility index (Phi) is 6.63. The largest absolute Gasteiger partial charge is 0.507 e. The molecule has 0 saturated carbocycles. The first-order valence-electron chi connectivity index (χ1n) is 8.22. The highest BCUT2D eigenvalue weighted by Crippen LogP contribution is 2.27. The number of rotatable bonds is 8. The van der Waals surface area contributed by atoms with Crippen molar-refractivity contribution in [3.8, 4) is 23.0 Å². The van der Waals surface area contributed by atoms with Gasteiger partial charge in [0.25, 0.3) is 0 Å². The molecule has 0 aliphatic rings. The summed E-state index contributed by atoms with van der Waals surface area (Å²) in [5, 5.41) is 28.8. The molecule has 0 spiro atoms. The van der Waals surface area contributed by atoms with Gasteiger partial charge in [0.2, 0.25) is 0 Å². The molecule has 6 heteroatoms. The number of carbonyl (C=O) groups excluding carboxylic acids is 1. The maximum Gasteiger partial charge on any atom is 0.189 e. The molecule has 0 amide bonds. The van der Waals surface area contributed by atoms with Crippen LogP contribution in [0.5, 0.6) is 23.0 Å². The predicted molar refractivity (Wildman–Crippen MR) is 99.9 cm³/mol. The van der Waals surface area contributed by atoms with E-state index in [1.807, 2.05) is 14.1 Å². The molecule has 0 radical (unpaired) electrons. The van der Waals surface area contributed by atoms with Gasteiger partial charge in [-0.1, -0.05) is 12.1 Å². The van der Waals surface area contributed by atoms with Gasteiger partial charge in [-0.25, -0.2) is 0 Å². The molecule has 0 saturated heterocycles. The molecule has 26 heavy (non-hydrogen) atoms. The second-order valence-corrected chi connectivity index (χ2v) is 6.13. The van der Waals surface area contributed by atoms with E-state index < -0.39 is 0 Å². The molecule has 0 unspecified atom stereocenters. The van der Waals surface area contributed by atoms with E-state index in [0.717, 1.165) is 13.0 Å². The number of ether oxygens (including phenoxy) is 1. The first-order valence-corrected chi connectivity index (χ1v) is 8.22. The molecule has 0 aromatic heterocycles. The molecule has 0 heterocycles. The maximum atomic E-state index is 12.2. The zero-order valence-electron chi connectivity index (χ0n) is 14.8. The van der Waals surface area contributed by atoms with E-state index in [-0.39, 0.29) is 28.6 Å². The van der Waals surface area contributed by atoms with Gasteiger partial charge < -0.3 is 25.0 Å². The quantitative estimate of drug-likeness (QED) is 0.291. The third-order valence-corrected chi connectivity index (χ3v) is 3.68. The molecule has 0 aliphatic heterocycles. The number of carbonyl (C=O) groups is 1. The number of phenols is 3. The normalized spacial score (nSPS) is 11.2. The zero-order valence-corrected chi connectivity index (χ0v) is 14.8. The standard InChI is InChI=1S/C20H23NO5/c1-21(2)10-3-11-26-15-6-7-16(19(24)13-15)17(22)8-4-14-5-9-18(23)20(25)12-14/h4-9,12-13,23-25H,3,10-11H2,1-2H3/b8-4+.